The number of aryl methyl sites for hydroxylation is 3. The largest absolute Gasteiger partial charge is 0.292 e. The highest BCUT2D eigenvalue weighted by molar-refractivity contribution is 5.79. The number of imidazole rings is 1. The second-order valence-electron chi connectivity index (χ2n) is 6.84. The molecule has 0 aliphatic rings. The molecule has 0 saturated heterocycles. The SMILES string of the molecule is Cc1c(-c2cccc[n+]2C)c(F)cc(F)c1-c1n(C)c2ccccc2[n+]1C. The molecule has 0 radical (unpaired) electrons. The van der Waals surface area contributed by atoms with Gasteiger partial charge in [-0.15, -0.1) is 0 Å². The van der Waals surface area contributed by atoms with Gasteiger partial charge in [0.1, 0.15) is 24.2 Å². The summed E-state index contributed by atoms with van der Waals surface area (Å²) < 4.78 is 35.6. The summed E-state index contributed by atoms with van der Waals surface area (Å²) in [5.41, 5.74) is 4.09. The Bertz CT molecular complexity index is 1150. The maximum Gasteiger partial charge on any atom is 0.292 e. The minimum Gasteiger partial charge on any atom is -0.226 e. The van der Waals surface area contributed by atoms with Gasteiger partial charge in [-0.05, 0) is 30.7 Å². The quantitative estimate of drug-likeness (QED) is 0.480. The molecule has 2 aromatic carbocycles. The second kappa shape index (κ2) is 6.27. The highest BCUT2D eigenvalue weighted by Gasteiger charge is 2.30. The van der Waals surface area contributed by atoms with Gasteiger partial charge < -0.3 is 0 Å². The molecule has 0 atom stereocenters. The zero-order chi connectivity index (χ0) is 19.3. The van der Waals surface area contributed by atoms with Crippen molar-refractivity contribution in [2.45, 2.75) is 6.92 Å². The second-order valence-corrected chi connectivity index (χ2v) is 6.84. The molecule has 4 rings (SSSR count). The molecule has 0 bridgehead atoms. The molecule has 0 spiro atoms. The van der Waals surface area contributed by atoms with Crippen molar-refractivity contribution in [3.8, 4) is 22.6 Å². The Morgan fingerprint density at radius 2 is 1.56 bits per heavy atom. The summed E-state index contributed by atoms with van der Waals surface area (Å²) in [5.74, 6) is -0.420. The van der Waals surface area contributed by atoms with E-state index in [0.29, 0.717) is 28.2 Å². The van der Waals surface area contributed by atoms with Crippen LogP contribution < -0.4 is 9.13 Å². The number of pyridine rings is 1. The van der Waals surface area contributed by atoms with Crippen LogP contribution in [0.1, 0.15) is 5.56 Å². The van der Waals surface area contributed by atoms with Crippen molar-refractivity contribution in [2.24, 2.45) is 21.1 Å². The third-order valence-electron chi connectivity index (χ3n) is 5.26. The molecule has 0 N–H and O–H groups in total. The number of halogens is 2. The van der Waals surface area contributed by atoms with Crippen LogP contribution in [0.5, 0.6) is 0 Å². The van der Waals surface area contributed by atoms with Gasteiger partial charge in [0.05, 0.1) is 19.7 Å². The number of rotatable bonds is 2. The minimum absolute atomic E-state index is 0.413. The van der Waals surface area contributed by atoms with Crippen LogP contribution in [0.4, 0.5) is 8.78 Å². The number of hydrogen-bond donors (Lipinski definition) is 0. The average molecular weight is 365 g/mol. The number of benzene rings is 2. The molecule has 136 valence electrons. The van der Waals surface area contributed by atoms with E-state index in [2.05, 4.69) is 0 Å². The van der Waals surface area contributed by atoms with Crippen LogP contribution in [0.15, 0.2) is 54.7 Å². The van der Waals surface area contributed by atoms with E-state index in [4.69, 9.17) is 0 Å². The molecule has 0 aliphatic carbocycles. The van der Waals surface area contributed by atoms with Crippen LogP contribution in [-0.4, -0.2) is 4.57 Å². The summed E-state index contributed by atoms with van der Waals surface area (Å²) in [4.78, 5) is 0. The van der Waals surface area contributed by atoms with Crippen molar-refractivity contribution in [2.75, 3.05) is 0 Å². The fourth-order valence-corrected chi connectivity index (χ4v) is 3.93. The zero-order valence-electron chi connectivity index (χ0n) is 15.8. The lowest BCUT2D eigenvalue weighted by Gasteiger charge is -2.11. The van der Waals surface area contributed by atoms with Gasteiger partial charge in [-0.1, -0.05) is 12.1 Å². The van der Waals surface area contributed by atoms with Crippen LogP contribution >= 0.6 is 0 Å². The van der Waals surface area contributed by atoms with Crippen molar-refractivity contribution < 1.29 is 17.9 Å². The lowest BCUT2D eigenvalue weighted by Crippen LogP contribution is -2.32. The van der Waals surface area contributed by atoms with Gasteiger partial charge >= 0.3 is 0 Å². The van der Waals surface area contributed by atoms with Crippen LogP contribution in [0.25, 0.3) is 33.7 Å². The van der Waals surface area contributed by atoms with Crippen molar-refractivity contribution in [1.29, 1.82) is 0 Å². The predicted octanol–water partition coefficient (Wildman–Crippen LogP) is 3.75. The Balaban J connectivity index is 2.10. The number of para-hydroxylation sites is 2. The van der Waals surface area contributed by atoms with Crippen LogP contribution in [0.2, 0.25) is 0 Å². The topological polar surface area (TPSA) is 12.7 Å². The monoisotopic (exact) mass is 365 g/mol. The van der Waals surface area contributed by atoms with Gasteiger partial charge in [0.25, 0.3) is 5.82 Å². The van der Waals surface area contributed by atoms with Crippen molar-refractivity contribution >= 4 is 11.0 Å². The van der Waals surface area contributed by atoms with Gasteiger partial charge in [0.15, 0.2) is 17.2 Å². The first kappa shape index (κ1) is 17.3. The summed E-state index contributed by atoms with van der Waals surface area (Å²) >= 11 is 0. The Kier molecular flexibility index (Phi) is 4.02. The van der Waals surface area contributed by atoms with E-state index >= 15 is 4.39 Å². The standard InChI is InChI=1S/C22H21F2N3/c1-14-20(19-11-7-8-12-25(19)2)15(23)13-16(24)21(14)22-26(3)17-9-5-6-10-18(17)27(22)4/h5-13H,1-4H3/q+2. The fourth-order valence-electron chi connectivity index (χ4n) is 3.93. The lowest BCUT2D eigenvalue weighted by molar-refractivity contribution is -0.660. The fraction of sp³-hybridized carbons (Fsp3) is 0.182. The Hall–Kier alpha value is -3.08. The van der Waals surface area contributed by atoms with Crippen LogP contribution in [-0.2, 0) is 21.1 Å². The van der Waals surface area contributed by atoms with E-state index in [1.807, 2.05) is 83.5 Å². The Morgan fingerprint density at radius 3 is 2.26 bits per heavy atom. The molecule has 5 heteroatoms. The first-order valence-electron chi connectivity index (χ1n) is 8.79. The third kappa shape index (κ3) is 2.53. The molecule has 2 heterocycles. The molecular weight excluding hydrogens is 344 g/mol. The Morgan fingerprint density at radius 1 is 0.889 bits per heavy atom. The lowest BCUT2D eigenvalue weighted by atomic mass is 9.97. The van der Waals surface area contributed by atoms with Crippen molar-refractivity contribution in [3.05, 3.63) is 71.9 Å². The van der Waals surface area contributed by atoms with Gasteiger partial charge in [0, 0.05) is 18.2 Å². The molecule has 0 saturated carbocycles. The van der Waals surface area contributed by atoms with Crippen LogP contribution in [0.3, 0.4) is 0 Å². The first-order chi connectivity index (χ1) is 12.9. The molecule has 0 amide bonds. The highest BCUT2D eigenvalue weighted by atomic mass is 19.1. The van der Waals surface area contributed by atoms with Crippen LogP contribution in [0, 0.1) is 18.6 Å². The maximum atomic E-state index is 15.0. The Labute approximate surface area is 156 Å². The molecule has 0 fully saturated rings. The van der Waals surface area contributed by atoms with E-state index in [0.717, 1.165) is 17.1 Å². The predicted molar refractivity (Wildman–Crippen MR) is 101 cm³/mol. The average Bonchev–Trinajstić information content (AvgIpc) is 2.89. The normalized spacial score (nSPS) is 11.3. The molecular formula is C22H21F2N3+2. The van der Waals surface area contributed by atoms with Gasteiger partial charge in [-0.25, -0.2) is 22.5 Å². The molecule has 0 unspecified atom stereocenters. The van der Waals surface area contributed by atoms with E-state index in [9.17, 15) is 4.39 Å². The highest BCUT2D eigenvalue weighted by Crippen LogP contribution is 2.34. The number of hydrogen-bond acceptors (Lipinski definition) is 0. The number of nitrogens with zero attached hydrogens (tertiary/aromatic N) is 3. The zero-order valence-corrected chi connectivity index (χ0v) is 15.8. The minimum atomic E-state index is -0.561. The van der Waals surface area contributed by atoms with E-state index in [1.165, 1.54) is 0 Å². The van der Waals surface area contributed by atoms with Gasteiger partial charge in [-0.3, -0.25) is 0 Å². The van der Waals surface area contributed by atoms with E-state index < -0.39 is 11.6 Å². The van der Waals surface area contributed by atoms with Crippen molar-refractivity contribution in [3.63, 3.8) is 0 Å². The molecule has 3 nitrogen and oxygen atoms in total. The van der Waals surface area contributed by atoms with Crippen molar-refractivity contribution in [1.82, 2.24) is 4.57 Å². The summed E-state index contributed by atoms with van der Waals surface area (Å²) in [6, 6.07) is 14.5. The third-order valence-corrected chi connectivity index (χ3v) is 5.26. The molecule has 4 aromatic rings. The molecule has 27 heavy (non-hydrogen) atoms. The molecule has 2 aromatic heterocycles. The summed E-state index contributed by atoms with van der Waals surface area (Å²) in [6.07, 6.45) is 1.86. The van der Waals surface area contributed by atoms with E-state index in [1.54, 1.807) is 6.92 Å². The summed E-state index contributed by atoms with van der Waals surface area (Å²) in [6.45, 7) is 1.78. The summed E-state index contributed by atoms with van der Waals surface area (Å²) in [7, 11) is 5.66. The summed E-state index contributed by atoms with van der Waals surface area (Å²) in [5, 5.41) is 0. The maximum absolute atomic E-state index is 15.0. The number of fused-ring (bicyclic) bond motifs is 1. The van der Waals surface area contributed by atoms with Gasteiger partial charge in [-0.2, -0.15) is 0 Å². The van der Waals surface area contributed by atoms with Gasteiger partial charge in [0.2, 0.25) is 5.69 Å². The molecule has 0 aliphatic heterocycles. The first-order valence-corrected chi connectivity index (χ1v) is 8.79. The number of aromatic nitrogens is 3. The van der Waals surface area contributed by atoms with E-state index in [-0.39, 0.29) is 0 Å². The smallest absolute Gasteiger partial charge is 0.226 e.